The van der Waals surface area contributed by atoms with Crippen molar-refractivity contribution < 1.29 is 4.79 Å². The summed E-state index contributed by atoms with van der Waals surface area (Å²) in [5.41, 5.74) is 5.07. The number of hydrogen-bond acceptors (Lipinski definition) is 4. The van der Waals surface area contributed by atoms with Gasteiger partial charge in [-0.15, -0.1) is 10.2 Å². The molecule has 1 heterocycles. The summed E-state index contributed by atoms with van der Waals surface area (Å²) in [6.07, 6.45) is 1.08. The molecule has 7 heteroatoms. The Hall–Kier alpha value is -3.09. The standard InChI is InChI=1S/C27H27ClN4OS/c1-4-19(3)20-9-13-23(14-10-20)29-25(33)17-34-27-31-30-26(21-7-5-18(2)6-8-21)32(27)24-15-11-22(28)12-16-24/h5-16,19H,4,17H2,1-3H3,(H,29,33)/t19-/m0/s1. The fourth-order valence-corrected chi connectivity index (χ4v) is 4.41. The third kappa shape index (κ3) is 5.69. The second-order valence-electron chi connectivity index (χ2n) is 8.25. The van der Waals surface area contributed by atoms with E-state index in [1.165, 1.54) is 22.9 Å². The zero-order valence-corrected chi connectivity index (χ0v) is 21.0. The average molecular weight is 491 g/mol. The molecule has 174 valence electrons. The van der Waals surface area contributed by atoms with E-state index in [1.807, 2.05) is 72.2 Å². The number of carbonyl (C=O) groups is 1. The number of nitrogens with zero attached hydrogens (tertiary/aromatic N) is 3. The minimum absolute atomic E-state index is 0.0937. The van der Waals surface area contributed by atoms with Crippen LogP contribution in [-0.4, -0.2) is 26.4 Å². The highest BCUT2D eigenvalue weighted by Gasteiger charge is 2.17. The Kier molecular flexibility index (Phi) is 7.70. The molecule has 1 amide bonds. The number of aromatic nitrogens is 3. The van der Waals surface area contributed by atoms with Crippen molar-refractivity contribution in [3.8, 4) is 17.1 Å². The first-order valence-electron chi connectivity index (χ1n) is 11.3. The molecule has 0 aliphatic carbocycles. The highest BCUT2D eigenvalue weighted by molar-refractivity contribution is 7.99. The number of aryl methyl sites for hydroxylation is 1. The molecule has 0 radical (unpaired) electrons. The van der Waals surface area contributed by atoms with Crippen molar-refractivity contribution in [1.29, 1.82) is 0 Å². The van der Waals surface area contributed by atoms with Crippen molar-refractivity contribution in [2.45, 2.75) is 38.3 Å². The quantitative estimate of drug-likeness (QED) is 0.266. The molecule has 1 atom stereocenters. The van der Waals surface area contributed by atoms with E-state index < -0.39 is 0 Å². The van der Waals surface area contributed by atoms with E-state index >= 15 is 0 Å². The number of amides is 1. The lowest BCUT2D eigenvalue weighted by atomic mass is 9.99. The first-order valence-corrected chi connectivity index (χ1v) is 12.6. The Labute approximate surface area is 209 Å². The minimum atomic E-state index is -0.0937. The van der Waals surface area contributed by atoms with Crippen LogP contribution in [0.2, 0.25) is 5.02 Å². The number of anilines is 1. The van der Waals surface area contributed by atoms with E-state index in [2.05, 4.69) is 41.5 Å². The van der Waals surface area contributed by atoms with Gasteiger partial charge >= 0.3 is 0 Å². The van der Waals surface area contributed by atoms with Gasteiger partial charge in [0.15, 0.2) is 11.0 Å². The van der Waals surface area contributed by atoms with Gasteiger partial charge in [0, 0.05) is 22.0 Å². The number of nitrogens with one attached hydrogen (secondary N) is 1. The van der Waals surface area contributed by atoms with Crippen molar-refractivity contribution in [1.82, 2.24) is 14.8 Å². The molecule has 1 N–H and O–H groups in total. The van der Waals surface area contributed by atoms with Crippen LogP contribution in [0.1, 0.15) is 37.3 Å². The van der Waals surface area contributed by atoms with Gasteiger partial charge in [-0.05, 0) is 61.2 Å². The lowest BCUT2D eigenvalue weighted by Crippen LogP contribution is -2.14. The molecule has 0 saturated carbocycles. The Balaban J connectivity index is 1.53. The van der Waals surface area contributed by atoms with Crippen LogP contribution >= 0.6 is 23.4 Å². The zero-order chi connectivity index (χ0) is 24.1. The Bertz CT molecular complexity index is 1250. The molecule has 5 nitrogen and oxygen atoms in total. The van der Waals surface area contributed by atoms with E-state index in [-0.39, 0.29) is 11.7 Å². The van der Waals surface area contributed by atoms with E-state index in [9.17, 15) is 4.79 Å². The third-order valence-corrected chi connectivity index (χ3v) is 6.92. The second-order valence-corrected chi connectivity index (χ2v) is 9.63. The molecule has 0 aliphatic heterocycles. The summed E-state index contributed by atoms with van der Waals surface area (Å²) in [5.74, 6) is 1.34. The molecule has 0 saturated heterocycles. The smallest absolute Gasteiger partial charge is 0.234 e. The summed E-state index contributed by atoms with van der Waals surface area (Å²) in [7, 11) is 0. The molecule has 0 aliphatic rings. The normalized spacial score (nSPS) is 11.9. The second kappa shape index (κ2) is 10.9. The topological polar surface area (TPSA) is 59.8 Å². The summed E-state index contributed by atoms with van der Waals surface area (Å²) in [5, 5.41) is 13.1. The monoisotopic (exact) mass is 490 g/mol. The zero-order valence-electron chi connectivity index (χ0n) is 19.5. The van der Waals surface area contributed by atoms with E-state index in [0.29, 0.717) is 21.9 Å². The summed E-state index contributed by atoms with van der Waals surface area (Å²) in [6.45, 7) is 6.42. The van der Waals surface area contributed by atoms with Crippen molar-refractivity contribution >= 4 is 35.0 Å². The van der Waals surface area contributed by atoms with Crippen LogP contribution in [0.25, 0.3) is 17.1 Å². The van der Waals surface area contributed by atoms with E-state index in [4.69, 9.17) is 11.6 Å². The predicted molar refractivity (Wildman–Crippen MR) is 141 cm³/mol. The molecular formula is C27H27ClN4OS. The first-order chi connectivity index (χ1) is 16.4. The van der Waals surface area contributed by atoms with Crippen LogP contribution in [-0.2, 0) is 4.79 Å². The van der Waals surface area contributed by atoms with Crippen molar-refractivity contribution in [3.05, 3.63) is 88.9 Å². The maximum Gasteiger partial charge on any atom is 0.234 e. The lowest BCUT2D eigenvalue weighted by molar-refractivity contribution is -0.113. The number of carbonyl (C=O) groups excluding carboxylic acids is 1. The number of hydrogen-bond donors (Lipinski definition) is 1. The van der Waals surface area contributed by atoms with Crippen LogP contribution in [0.3, 0.4) is 0 Å². The SMILES string of the molecule is CC[C@H](C)c1ccc(NC(=O)CSc2nnc(-c3ccc(C)cc3)n2-c2ccc(Cl)cc2)cc1. The number of thioether (sulfide) groups is 1. The highest BCUT2D eigenvalue weighted by Crippen LogP contribution is 2.29. The average Bonchev–Trinajstić information content (AvgIpc) is 3.27. The van der Waals surface area contributed by atoms with Gasteiger partial charge in [-0.2, -0.15) is 0 Å². The van der Waals surface area contributed by atoms with Gasteiger partial charge in [0.25, 0.3) is 0 Å². The van der Waals surface area contributed by atoms with Crippen LogP contribution in [0, 0.1) is 6.92 Å². The molecule has 1 aromatic heterocycles. The molecule has 3 aromatic carbocycles. The molecule has 0 spiro atoms. The molecule has 0 bridgehead atoms. The van der Waals surface area contributed by atoms with Gasteiger partial charge in [0.2, 0.25) is 5.91 Å². The molecule has 0 unspecified atom stereocenters. The van der Waals surface area contributed by atoms with Crippen LogP contribution in [0.5, 0.6) is 0 Å². The summed E-state index contributed by atoms with van der Waals surface area (Å²) in [6, 6.07) is 23.7. The molecule has 4 rings (SSSR count). The van der Waals surface area contributed by atoms with Gasteiger partial charge in [0.05, 0.1) is 5.75 Å². The summed E-state index contributed by atoms with van der Waals surface area (Å²) >= 11 is 7.45. The van der Waals surface area contributed by atoms with Crippen molar-refractivity contribution in [3.63, 3.8) is 0 Å². The van der Waals surface area contributed by atoms with Crippen LogP contribution < -0.4 is 5.32 Å². The molecule has 4 aromatic rings. The summed E-state index contributed by atoms with van der Waals surface area (Å²) in [4.78, 5) is 12.7. The van der Waals surface area contributed by atoms with Gasteiger partial charge < -0.3 is 5.32 Å². The lowest BCUT2D eigenvalue weighted by Gasteiger charge is -2.12. The molecule has 34 heavy (non-hydrogen) atoms. The van der Waals surface area contributed by atoms with Gasteiger partial charge in [-0.1, -0.05) is 79.2 Å². The summed E-state index contributed by atoms with van der Waals surface area (Å²) < 4.78 is 1.96. The van der Waals surface area contributed by atoms with Gasteiger partial charge in [-0.3, -0.25) is 9.36 Å². The maximum absolute atomic E-state index is 12.7. The van der Waals surface area contributed by atoms with Crippen LogP contribution in [0.15, 0.2) is 78.0 Å². The number of rotatable bonds is 8. The number of benzene rings is 3. The minimum Gasteiger partial charge on any atom is -0.325 e. The van der Waals surface area contributed by atoms with E-state index in [0.717, 1.165) is 23.4 Å². The van der Waals surface area contributed by atoms with Crippen LogP contribution in [0.4, 0.5) is 5.69 Å². The van der Waals surface area contributed by atoms with Gasteiger partial charge in [0.1, 0.15) is 0 Å². The Morgan fingerprint density at radius 3 is 2.32 bits per heavy atom. The predicted octanol–water partition coefficient (Wildman–Crippen LogP) is 7.14. The Morgan fingerprint density at radius 1 is 1.00 bits per heavy atom. The molecular weight excluding hydrogens is 464 g/mol. The van der Waals surface area contributed by atoms with Crippen molar-refractivity contribution in [2.75, 3.05) is 11.1 Å². The third-order valence-electron chi connectivity index (χ3n) is 5.74. The van der Waals surface area contributed by atoms with Gasteiger partial charge in [-0.25, -0.2) is 0 Å². The highest BCUT2D eigenvalue weighted by atomic mass is 35.5. The maximum atomic E-state index is 12.7. The fraction of sp³-hybridized carbons (Fsp3) is 0.222. The van der Waals surface area contributed by atoms with Crippen molar-refractivity contribution in [2.24, 2.45) is 0 Å². The molecule has 0 fully saturated rings. The largest absolute Gasteiger partial charge is 0.325 e. The fourth-order valence-electron chi connectivity index (χ4n) is 3.53. The number of halogens is 1. The van der Waals surface area contributed by atoms with E-state index in [1.54, 1.807) is 0 Å². The first kappa shape index (κ1) is 24.0. The Morgan fingerprint density at radius 2 is 1.68 bits per heavy atom.